The van der Waals surface area contributed by atoms with Crippen molar-refractivity contribution in [3.63, 3.8) is 0 Å². The Hall–Kier alpha value is -1.77. The van der Waals surface area contributed by atoms with Crippen LogP contribution in [0.15, 0.2) is 34.7 Å². The second-order valence-electron chi connectivity index (χ2n) is 3.71. The van der Waals surface area contributed by atoms with Crippen LogP contribution in [0.1, 0.15) is 17.1 Å². The van der Waals surface area contributed by atoms with E-state index in [1.165, 1.54) is 12.1 Å². The first-order valence-corrected chi connectivity index (χ1v) is 5.09. The second kappa shape index (κ2) is 4.39. The van der Waals surface area contributed by atoms with Crippen molar-refractivity contribution in [1.82, 2.24) is 0 Å². The smallest absolute Gasteiger partial charge is 0.146 e. The Bertz CT molecular complexity index is 488. The molecular weight excluding hydrogens is 207 g/mol. The normalized spacial score (nSPS) is 10.4. The lowest BCUT2D eigenvalue weighted by Gasteiger charge is -2.07. The maximum Gasteiger partial charge on any atom is 0.146 e. The fourth-order valence-electron chi connectivity index (χ4n) is 1.49. The van der Waals surface area contributed by atoms with Gasteiger partial charge in [0.25, 0.3) is 0 Å². The minimum absolute atomic E-state index is 0.251. The monoisotopic (exact) mass is 220 g/mol. The van der Waals surface area contributed by atoms with Crippen LogP contribution >= 0.6 is 0 Å². The summed E-state index contributed by atoms with van der Waals surface area (Å²) in [4.78, 5) is 0. The zero-order valence-electron chi connectivity index (χ0n) is 9.29. The van der Waals surface area contributed by atoms with E-state index in [9.17, 15) is 4.39 Å². The van der Waals surface area contributed by atoms with Gasteiger partial charge in [0, 0.05) is 0 Å². The van der Waals surface area contributed by atoms with E-state index in [0.717, 1.165) is 17.1 Å². The topological polar surface area (TPSA) is 22.4 Å². The van der Waals surface area contributed by atoms with Crippen molar-refractivity contribution in [2.45, 2.75) is 20.5 Å². The summed E-state index contributed by atoms with van der Waals surface area (Å²) < 4.78 is 23.7. The molecule has 0 N–H and O–H groups in total. The van der Waals surface area contributed by atoms with E-state index in [0.29, 0.717) is 12.4 Å². The molecule has 1 heterocycles. The molecule has 16 heavy (non-hydrogen) atoms. The first kappa shape index (κ1) is 10.7. The third kappa shape index (κ3) is 2.42. The van der Waals surface area contributed by atoms with Gasteiger partial charge < -0.3 is 9.15 Å². The van der Waals surface area contributed by atoms with Gasteiger partial charge in [0.1, 0.15) is 29.7 Å². The quantitative estimate of drug-likeness (QED) is 0.788. The van der Waals surface area contributed by atoms with Crippen LogP contribution < -0.4 is 4.74 Å². The number of hydrogen-bond acceptors (Lipinski definition) is 2. The SMILES string of the molecule is Cc1ccc(COc2ccc(F)cc2C)o1. The maximum atomic E-state index is 12.8. The first-order valence-electron chi connectivity index (χ1n) is 5.09. The predicted octanol–water partition coefficient (Wildman–Crippen LogP) is 3.61. The van der Waals surface area contributed by atoms with Gasteiger partial charge in [0.2, 0.25) is 0 Å². The zero-order chi connectivity index (χ0) is 11.5. The van der Waals surface area contributed by atoms with Crippen molar-refractivity contribution >= 4 is 0 Å². The van der Waals surface area contributed by atoms with E-state index in [1.807, 2.05) is 26.0 Å². The summed E-state index contributed by atoms with van der Waals surface area (Å²) in [6.07, 6.45) is 0. The highest BCUT2D eigenvalue weighted by molar-refractivity contribution is 5.32. The number of rotatable bonds is 3. The molecule has 0 unspecified atom stereocenters. The Balaban J connectivity index is 2.04. The lowest BCUT2D eigenvalue weighted by Crippen LogP contribution is -1.95. The molecule has 0 bridgehead atoms. The highest BCUT2D eigenvalue weighted by Gasteiger charge is 2.03. The third-order valence-electron chi connectivity index (χ3n) is 2.30. The van der Waals surface area contributed by atoms with Crippen molar-refractivity contribution < 1.29 is 13.5 Å². The van der Waals surface area contributed by atoms with Gasteiger partial charge in [-0.25, -0.2) is 4.39 Å². The molecule has 3 heteroatoms. The molecule has 0 aliphatic heterocycles. The fourth-order valence-corrected chi connectivity index (χ4v) is 1.49. The molecule has 2 nitrogen and oxygen atoms in total. The lowest BCUT2D eigenvalue weighted by molar-refractivity contribution is 0.265. The average molecular weight is 220 g/mol. The lowest BCUT2D eigenvalue weighted by atomic mass is 10.2. The minimum atomic E-state index is -0.251. The van der Waals surface area contributed by atoms with Crippen molar-refractivity contribution in [2.75, 3.05) is 0 Å². The molecule has 0 fully saturated rings. The van der Waals surface area contributed by atoms with Gasteiger partial charge in [-0.05, 0) is 49.7 Å². The summed E-state index contributed by atoms with van der Waals surface area (Å²) in [7, 11) is 0. The van der Waals surface area contributed by atoms with E-state index in [2.05, 4.69) is 0 Å². The number of halogens is 1. The Morgan fingerprint density at radius 1 is 1.19 bits per heavy atom. The van der Waals surface area contributed by atoms with Crippen LogP contribution in [0, 0.1) is 19.7 Å². The maximum absolute atomic E-state index is 12.8. The summed E-state index contributed by atoms with van der Waals surface area (Å²) in [6, 6.07) is 8.21. The van der Waals surface area contributed by atoms with E-state index >= 15 is 0 Å². The molecule has 0 radical (unpaired) electrons. The summed E-state index contributed by atoms with van der Waals surface area (Å²) in [5, 5.41) is 0. The van der Waals surface area contributed by atoms with Crippen molar-refractivity contribution in [1.29, 1.82) is 0 Å². The largest absolute Gasteiger partial charge is 0.485 e. The van der Waals surface area contributed by atoms with E-state index < -0.39 is 0 Å². The predicted molar refractivity (Wildman–Crippen MR) is 58.9 cm³/mol. The molecule has 0 saturated carbocycles. The number of benzene rings is 1. The Morgan fingerprint density at radius 3 is 2.62 bits per heavy atom. The number of furan rings is 1. The Morgan fingerprint density at radius 2 is 2.00 bits per heavy atom. The summed E-state index contributed by atoms with van der Waals surface area (Å²) in [5.41, 5.74) is 0.781. The van der Waals surface area contributed by atoms with Gasteiger partial charge in [-0.2, -0.15) is 0 Å². The average Bonchev–Trinajstić information content (AvgIpc) is 2.63. The molecule has 84 valence electrons. The molecule has 0 aliphatic rings. The Labute approximate surface area is 93.7 Å². The van der Waals surface area contributed by atoms with Gasteiger partial charge in [0.15, 0.2) is 0 Å². The Kier molecular flexibility index (Phi) is 2.95. The van der Waals surface area contributed by atoms with Crippen LogP contribution in [0.5, 0.6) is 5.75 Å². The summed E-state index contributed by atoms with van der Waals surface area (Å²) in [5.74, 6) is 2.05. The van der Waals surface area contributed by atoms with Crippen LogP contribution in [0.2, 0.25) is 0 Å². The molecule has 2 aromatic rings. The molecule has 1 aromatic heterocycles. The van der Waals surface area contributed by atoms with E-state index in [4.69, 9.17) is 9.15 Å². The van der Waals surface area contributed by atoms with Crippen LogP contribution in [-0.4, -0.2) is 0 Å². The van der Waals surface area contributed by atoms with E-state index in [-0.39, 0.29) is 5.82 Å². The molecule has 0 saturated heterocycles. The van der Waals surface area contributed by atoms with Crippen LogP contribution in [-0.2, 0) is 6.61 Å². The van der Waals surface area contributed by atoms with Crippen LogP contribution in [0.4, 0.5) is 4.39 Å². The van der Waals surface area contributed by atoms with Crippen molar-refractivity contribution in [2.24, 2.45) is 0 Å². The highest BCUT2D eigenvalue weighted by atomic mass is 19.1. The molecule has 0 aliphatic carbocycles. The standard InChI is InChI=1S/C13H13FO2/c1-9-7-11(14)4-6-13(9)15-8-12-5-3-10(2)16-12/h3-7H,8H2,1-2H3. The van der Waals surface area contributed by atoms with E-state index in [1.54, 1.807) is 6.07 Å². The molecule has 0 amide bonds. The molecule has 0 spiro atoms. The van der Waals surface area contributed by atoms with Crippen molar-refractivity contribution in [3.8, 4) is 5.75 Å². The van der Waals surface area contributed by atoms with Gasteiger partial charge >= 0.3 is 0 Å². The van der Waals surface area contributed by atoms with Crippen molar-refractivity contribution in [3.05, 3.63) is 53.2 Å². The van der Waals surface area contributed by atoms with Gasteiger partial charge in [-0.3, -0.25) is 0 Å². The molecular formula is C13H13FO2. The third-order valence-corrected chi connectivity index (χ3v) is 2.30. The minimum Gasteiger partial charge on any atom is -0.485 e. The molecule has 1 aromatic carbocycles. The zero-order valence-corrected chi connectivity index (χ0v) is 9.29. The van der Waals surface area contributed by atoms with Gasteiger partial charge in [-0.1, -0.05) is 0 Å². The number of hydrogen-bond donors (Lipinski definition) is 0. The molecule has 2 rings (SSSR count). The number of ether oxygens (including phenoxy) is 1. The van der Waals surface area contributed by atoms with Crippen LogP contribution in [0.3, 0.4) is 0 Å². The number of aryl methyl sites for hydroxylation is 2. The highest BCUT2D eigenvalue weighted by Crippen LogP contribution is 2.20. The van der Waals surface area contributed by atoms with Gasteiger partial charge in [0.05, 0.1) is 0 Å². The first-order chi connectivity index (χ1) is 7.65. The van der Waals surface area contributed by atoms with Gasteiger partial charge in [-0.15, -0.1) is 0 Å². The summed E-state index contributed by atoms with van der Waals surface area (Å²) >= 11 is 0. The van der Waals surface area contributed by atoms with Crippen LogP contribution in [0.25, 0.3) is 0 Å². The second-order valence-corrected chi connectivity index (χ2v) is 3.71. The summed E-state index contributed by atoms with van der Waals surface area (Å²) in [6.45, 7) is 4.05. The fraction of sp³-hybridized carbons (Fsp3) is 0.231. The molecule has 0 atom stereocenters.